The van der Waals surface area contributed by atoms with Crippen molar-refractivity contribution >= 4 is 23.1 Å². The highest BCUT2D eigenvalue weighted by Crippen LogP contribution is 2.23. The van der Waals surface area contributed by atoms with Gasteiger partial charge in [-0.1, -0.05) is 30.0 Å². The third-order valence-corrected chi connectivity index (χ3v) is 4.74. The normalized spacial score (nSPS) is 11.7. The Labute approximate surface area is 178 Å². The SMILES string of the molecule is CSc1ncc(-c2ccnc(OCc3nccs3)c2)[nH]1.C\C=C/C(F)=C\C=C\C. The van der Waals surface area contributed by atoms with Crippen LogP contribution in [0.1, 0.15) is 18.9 Å². The molecule has 3 aromatic rings. The maximum atomic E-state index is 12.3. The number of aromatic nitrogens is 4. The smallest absolute Gasteiger partial charge is 0.214 e. The number of imidazole rings is 1. The van der Waals surface area contributed by atoms with Gasteiger partial charge >= 0.3 is 0 Å². The van der Waals surface area contributed by atoms with Crippen molar-refractivity contribution in [3.63, 3.8) is 0 Å². The van der Waals surface area contributed by atoms with Crippen molar-refractivity contribution < 1.29 is 9.13 Å². The largest absolute Gasteiger partial charge is 0.470 e. The van der Waals surface area contributed by atoms with Crippen LogP contribution in [0.4, 0.5) is 4.39 Å². The van der Waals surface area contributed by atoms with Crippen LogP contribution in [0, 0.1) is 0 Å². The summed E-state index contributed by atoms with van der Waals surface area (Å²) in [6.45, 7) is 4.07. The van der Waals surface area contributed by atoms with Crippen LogP contribution in [0.25, 0.3) is 11.3 Å². The van der Waals surface area contributed by atoms with Crippen LogP contribution in [0.5, 0.6) is 5.88 Å². The summed E-state index contributed by atoms with van der Waals surface area (Å²) in [6, 6.07) is 3.82. The molecule has 0 fully saturated rings. The topological polar surface area (TPSA) is 63.7 Å². The molecule has 1 N–H and O–H groups in total. The van der Waals surface area contributed by atoms with Gasteiger partial charge in [-0.2, -0.15) is 0 Å². The van der Waals surface area contributed by atoms with Crippen LogP contribution in [-0.4, -0.2) is 26.2 Å². The van der Waals surface area contributed by atoms with Crippen molar-refractivity contribution in [2.24, 2.45) is 0 Å². The van der Waals surface area contributed by atoms with Gasteiger partial charge in [0.2, 0.25) is 5.88 Å². The van der Waals surface area contributed by atoms with E-state index >= 15 is 0 Å². The molecule has 3 aromatic heterocycles. The number of thiazole rings is 1. The number of hydrogen-bond acceptors (Lipinski definition) is 6. The monoisotopic (exact) mass is 430 g/mol. The Hall–Kier alpha value is -2.71. The molecule has 0 aliphatic heterocycles. The summed E-state index contributed by atoms with van der Waals surface area (Å²) in [4.78, 5) is 15.9. The van der Waals surface area contributed by atoms with Crippen LogP contribution in [0.15, 0.2) is 77.5 Å². The highest BCUT2D eigenvalue weighted by atomic mass is 32.2. The summed E-state index contributed by atoms with van der Waals surface area (Å²) in [5.74, 6) is 0.369. The average Bonchev–Trinajstić information content (AvgIpc) is 3.43. The van der Waals surface area contributed by atoms with Gasteiger partial charge in [-0.05, 0) is 38.3 Å². The molecule has 0 unspecified atom stereocenters. The summed E-state index contributed by atoms with van der Waals surface area (Å²) < 4.78 is 18.0. The van der Waals surface area contributed by atoms with E-state index in [1.807, 2.05) is 36.9 Å². The van der Waals surface area contributed by atoms with Gasteiger partial charge in [-0.25, -0.2) is 19.3 Å². The summed E-state index contributed by atoms with van der Waals surface area (Å²) in [5, 5.41) is 3.75. The zero-order chi connectivity index (χ0) is 20.9. The van der Waals surface area contributed by atoms with Crippen molar-refractivity contribution in [3.8, 4) is 17.1 Å². The molecule has 3 heterocycles. The van der Waals surface area contributed by atoms with Crippen LogP contribution in [0.2, 0.25) is 0 Å². The van der Waals surface area contributed by atoms with Crippen molar-refractivity contribution in [2.75, 3.05) is 6.26 Å². The molecule has 29 heavy (non-hydrogen) atoms. The highest BCUT2D eigenvalue weighted by molar-refractivity contribution is 7.98. The zero-order valence-electron chi connectivity index (χ0n) is 16.5. The van der Waals surface area contributed by atoms with Crippen molar-refractivity contribution in [1.82, 2.24) is 19.9 Å². The van der Waals surface area contributed by atoms with E-state index in [-0.39, 0.29) is 5.83 Å². The lowest BCUT2D eigenvalue weighted by atomic mass is 10.2. The van der Waals surface area contributed by atoms with Crippen LogP contribution in [0.3, 0.4) is 0 Å². The molecule has 0 spiro atoms. The molecular weight excluding hydrogens is 407 g/mol. The van der Waals surface area contributed by atoms with Gasteiger partial charge in [0, 0.05) is 29.4 Å². The Morgan fingerprint density at radius 2 is 2.10 bits per heavy atom. The van der Waals surface area contributed by atoms with Gasteiger partial charge in [-0.3, -0.25) is 0 Å². The summed E-state index contributed by atoms with van der Waals surface area (Å²) in [6.07, 6.45) is 15.2. The first-order valence-corrected chi connectivity index (χ1v) is 10.9. The van der Waals surface area contributed by atoms with E-state index < -0.39 is 0 Å². The molecule has 152 valence electrons. The lowest BCUT2D eigenvalue weighted by molar-refractivity contribution is 0.293. The molecule has 0 aliphatic carbocycles. The fraction of sp³-hybridized carbons (Fsp3) is 0.190. The molecule has 0 atom stereocenters. The molecule has 0 radical (unpaired) electrons. The summed E-state index contributed by atoms with van der Waals surface area (Å²) in [7, 11) is 0. The van der Waals surface area contributed by atoms with Gasteiger partial charge in [0.15, 0.2) is 5.16 Å². The molecule has 0 aliphatic rings. The molecule has 8 heteroatoms. The van der Waals surface area contributed by atoms with E-state index in [2.05, 4.69) is 19.9 Å². The van der Waals surface area contributed by atoms with E-state index in [9.17, 15) is 4.39 Å². The van der Waals surface area contributed by atoms with Crippen molar-refractivity contribution in [3.05, 3.63) is 77.3 Å². The van der Waals surface area contributed by atoms with E-state index in [1.165, 1.54) is 12.2 Å². The molecule has 3 rings (SSSR count). The second-order valence-electron chi connectivity index (χ2n) is 5.48. The van der Waals surface area contributed by atoms with Crippen molar-refractivity contribution in [2.45, 2.75) is 25.6 Å². The number of H-pyrrole nitrogens is 1. The Balaban J connectivity index is 0.000000284. The predicted octanol–water partition coefficient (Wildman–Crippen LogP) is 6.22. The van der Waals surface area contributed by atoms with Gasteiger partial charge < -0.3 is 9.72 Å². The van der Waals surface area contributed by atoms with Crippen molar-refractivity contribution in [1.29, 1.82) is 0 Å². The maximum absolute atomic E-state index is 12.3. The average molecular weight is 431 g/mol. The number of hydrogen-bond donors (Lipinski definition) is 1. The third kappa shape index (κ3) is 8.05. The summed E-state index contributed by atoms with van der Waals surface area (Å²) in [5.41, 5.74) is 1.96. The first kappa shape index (κ1) is 22.6. The molecule has 0 saturated heterocycles. The Bertz CT molecular complexity index is 949. The van der Waals surface area contributed by atoms with Gasteiger partial charge in [-0.15, -0.1) is 11.3 Å². The number of nitrogens with one attached hydrogen (secondary N) is 1. The first-order valence-electron chi connectivity index (χ1n) is 8.84. The molecule has 0 aromatic carbocycles. The number of nitrogens with zero attached hydrogens (tertiary/aromatic N) is 3. The number of allylic oxidation sites excluding steroid dienone is 6. The molecular formula is C21H23FN4OS2. The van der Waals surface area contributed by atoms with Gasteiger partial charge in [0.05, 0.1) is 11.9 Å². The third-order valence-electron chi connectivity index (χ3n) is 3.39. The lowest BCUT2D eigenvalue weighted by Gasteiger charge is -2.04. The first-order chi connectivity index (χ1) is 14.2. The number of ether oxygens (including phenoxy) is 1. The van der Waals surface area contributed by atoms with Crippen LogP contribution < -0.4 is 4.74 Å². The summed E-state index contributed by atoms with van der Waals surface area (Å²) >= 11 is 3.14. The molecule has 5 nitrogen and oxygen atoms in total. The zero-order valence-corrected chi connectivity index (χ0v) is 18.1. The standard InChI is InChI=1S/C13H12N4OS2.C8H11F/c1-19-13-16-7-10(17-13)9-2-3-14-11(6-9)18-8-12-15-4-5-20-12;1-3-5-7-8(9)6-4-2/h2-7H,8H2,1H3,(H,16,17);3-7H,1-2H3/b;5-3+,6-4-,8-7+. The Kier molecular flexibility index (Phi) is 9.88. The minimum absolute atomic E-state index is 0.212. The fourth-order valence-corrected chi connectivity index (χ4v) is 2.97. The van der Waals surface area contributed by atoms with Gasteiger partial charge in [0.25, 0.3) is 0 Å². The minimum atomic E-state index is -0.212. The number of rotatable bonds is 7. The molecule has 0 bridgehead atoms. The number of thioether (sulfide) groups is 1. The quantitative estimate of drug-likeness (QED) is 0.356. The maximum Gasteiger partial charge on any atom is 0.214 e. The minimum Gasteiger partial charge on any atom is -0.470 e. The Morgan fingerprint density at radius 1 is 1.24 bits per heavy atom. The van der Waals surface area contributed by atoms with Crippen LogP contribution >= 0.6 is 23.1 Å². The second-order valence-corrected chi connectivity index (χ2v) is 7.25. The second kappa shape index (κ2) is 12.7. The van der Waals surface area contributed by atoms with Gasteiger partial charge in [0.1, 0.15) is 17.4 Å². The van der Waals surface area contributed by atoms with E-state index in [4.69, 9.17) is 4.74 Å². The van der Waals surface area contributed by atoms with E-state index in [1.54, 1.807) is 60.6 Å². The van der Waals surface area contributed by atoms with E-state index in [0.717, 1.165) is 21.4 Å². The number of halogens is 1. The fourth-order valence-electron chi connectivity index (χ4n) is 2.07. The Morgan fingerprint density at radius 3 is 2.76 bits per heavy atom. The molecule has 0 amide bonds. The van der Waals surface area contributed by atoms with E-state index in [0.29, 0.717) is 12.5 Å². The number of pyridine rings is 1. The highest BCUT2D eigenvalue weighted by Gasteiger charge is 2.05. The number of aromatic amines is 1. The lowest BCUT2D eigenvalue weighted by Crippen LogP contribution is -1.96. The predicted molar refractivity (Wildman–Crippen MR) is 119 cm³/mol. The molecule has 0 saturated carbocycles. The van der Waals surface area contributed by atoms with Crippen LogP contribution in [-0.2, 0) is 6.61 Å².